The van der Waals surface area contributed by atoms with Crippen LogP contribution in [0.5, 0.6) is 0 Å². The molecule has 0 unspecified atom stereocenters. The summed E-state index contributed by atoms with van der Waals surface area (Å²) in [5.41, 5.74) is 3.72. The zero-order valence-electron chi connectivity index (χ0n) is 15.8. The number of hydrogen-bond acceptors (Lipinski definition) is 5. The number of hydrogen-bond donors (Lipinski definition) is 0. The smallest absolute Gasteiger partial charge is 0.246 e. The Morgan fingerprint density at radius 3 is 2.82 bits per heavy atom. The highest BCUT2D eigenvalue weighted by molar-refractivity contribution is 5.91. The lowest BCUT2D eigenvalue weighted by Crippen LogP contribution is -2.48. The van der Waals surface area contributed by atoms with E-state index in [9.17, 15) is 4.79 Å². The molecule has 1 fully saturated rings. The van der Waals surface area contributed by atoms with E-state index in [1.54, 1.807) is 18.4 Å². The third-order valence-electron chi connectivity index (χ3n) is 5.62. The van der Waals surface area contributed by atoms with Crippen molar-refractivity contribution in [3.63, 3.8) is 0 Å². The van der Waals surface area contributed by atoms with E-state index in [0.717, 1.165) is 37.3 Å². The van der Waals surface area contributed by atoms with Crippen molar-refractivity contribution in [2.45, 2.75) is 25.7 Å². The van der Waals surface area contributed by atoms with Crippen LogP contribution in [0.2, 0.25) is 0 Å². The van der Waals surface area contributed by atoms with E-state index in [-0.39, 0.29) is 5.91 Å². The van der Waals surface area contributed by atoms with Gasteiger partial charge < -0.3 is 14.2 Å². The summed E-state index contributed by atoms with van der Waals surface area (Å²) >= 11 is 0. The van der Waals surface area contributed by atoms with Crippen molar-refractivity contribution >= 4 is 23.3 Å². The number of aromatic nitrogens is 3. The lowest BCUT2D eigenvalue weighted by molar-refractivity contribution is -0.126. The van der Waals surface area contributed by atoms with Gasteiger partial charge in [-0.2, -0.15) is 5.10 Å². The van der Waals surface area contributed by atoms with Crippen molar-refractivity contribution in [2.24, 2.45) is 0 Å². The molecule has 0 aromatic carbocycles. The van der Waals surface area contributed by atoms with Gasteiger partial charge >= 0.3 is 0 Å². The first-order valence-corrected chi connectivity index (χ1v) is 9.90. The molecule has 7 nitrogen and oxygen atoms in total. The van der Waals surface area contributed by atoms with Gasteiger partial charge in [0.1, 0.15) is 11.3 Å². The van der Waals surface area contributed by atoms with Crippen molar-refractivity contribution < 1.29 is 9.21 Å². The van der Waals surface area contributed by atoms with Gasteiger partial charge in [0.2, 0.25) is 5.91 Å². The van der Waals surface area contributed by atoms with Gasteiger partial charge in [-0.25, -0.2) is 9.50 Å². The first kappa shape index (κ1) is 17.0. The van der Waals surface area contributed by atoms with Crippen LogP contribution in [0.3, 0.4) is 0 Å². The molecular formula is C21H23N5O2. The number of carbonyl (C=O) groups excluding carboxylic acids is 1. The zero-order chi connectivity index (χ0) is 18.9. The summed E-state index contributed by atoms with van der Waals surface area (Å²) in [6.45, 7) is 2.90. The van der Waals surface area contributed by atoms with Crippen molar-refractivity contribution in [3.05, 3.63) is 53.9 Å². The second-order valence-electron chi connectivity index (χ2n) is 7.34. The molecule has 0 N–H and O–H groups in total. The van der Waals surface area contributed by atoms with Crippen LogP contribution in [0.15, 0.2) is 41.3 Å². The van der Waals surface area contributed by atoms with Crippen molar-refractivity contribution in [1.82, 2.24) is 19.5 Å². The summed E-state index contributed by atoms with van der Waals surface area (Å²) in [4.78, 5) is 21.3. The Labute approximate surface area is 163 Å². The molecule has 0 bridgehead atoms. The van der Waals surface area contributed by atoms with Crippen molar-refractivity contribution in [2.75, 3.05) is 31.1 Å². The molecule has 4 heterocycles. The molecule has 5 rings (SSSR count). The number of piperazine rings is 1. The van der Waals surface area contributed by atoms with Crippen LogP contribution in [-0.2, 0) is 17.6 Å². The predicted molar refractivity (Wildman–Crippen MR) is 106 cm³/mol. The van der Waals surface area contributed by atoms with E-state index in [4.69, 9.17) is 9.52 Å². The van der Waals surface area contributed by atoms with E-state index < -0.39 is 0 Å². The van der Waals surface area contributed by atoms with E-state index >= 15 is 0 Å². The largest absolute Gasteiger partial charge is 0.465 e. The third-order valence-corrected chi connectivity index (χ3v) is 5.62. The van der Waals surface area contributed by atoms with E-state index in [1.807, 2.05) is 33.9 Å². The van der Waals surface area contributed by atoms with Gasteiger partial charge in [0.15, 0.2) is 5.82 Å². The number of rotatable bonds is 3. The van der Waals surface area contributed by atoms with E-state index in [2.05, 4.69) is 9.88 Å². The standard InChI is InChI=1S/C21H23N5O2/c27-19(8-7-16-4-3-15-28-16)24-11-13-25(14-12-24)21-20-17-5-1-2-6-18(17)23-26(20)10-9-22-21/h3-4,7-10,15H,1-2,5-6,11-14H2/b8-7+. The van der Waals surface area contributed by atoms with Crippen LogP contribution in [-0.4, -0.2) is 51.6 Å². The molecule has 0 atom stereocenters. The second kappa shape index (κ2) is 7.14. The van der Waals surface area contributed by atoms with Crippen LogP contribution >= 0.6 is 0 Å². The van der Waals surface area contributed by atoms with Gasteiger partial charge in [-0.05, 0) is 43.9 Å². The Hall–Kier alpha value is -3.09. The Morgan fingerprint density at radius 1 is 1.14 bits per heavy atom. The normalized spacial score (nSPS) is 17.4. The molecule has 1 saturated heterocycles. The fourth-order valence-electron chi connectivity index (χ4n) is 4.16. The maximum atomic E-state index is 12.4. The van der Waals surface area contributed by atoms with Crippen molar-refractivity contribution in [1.29, 1.82) is 0 Å². The number of aryl methyl sites for hydroxylation is 2. The van der Waals surface area contributed by atoms with Crippen LogP contribution in [0.1, 0.15) is 29.9 Å². The number of nitrogens with zero attached hydrogens (tertiary/aromatic N) is 5. The predicted octanol–water partition coefficient (Wildman–Crippen LogP) is 2.56. The molecule has 0 radical (unpaired) electrons. The Kier molecular flexibility index (Phi) is 4.35. The Bertz CT molecular complexity index is 1010. The van der Waals surface area contributed by atoms with Crippen LogP contribution in [0.25, 0.3) is 11.6 Å². The summed E-state index contributed by atoms with van der Waals surface area (Å²) in [5.74, 6) is 1.70. The molecule has 1 aliphatic carbocycles. The minimum atomic E-state index is 0.0175. The quantitative estimate of drug-likeness (QED) is 0.657. The molecule has 3 aromatic heterocycles. The summed E-state index contributed by atoms with van der Waals surface area (Å²) < 4.78 is 7.23. The SMILES string of the molecule is O=C(/C=C/c1ccco1)N1CCN(c2nccn3nc4c(c23)CCCC4)CC1. The molecule has 1 aliphatic heterocycles. The Balaban J connectivity index is 1.32. The monoisotopic (exact) mass is 377 g/mol. The zero-order valence-corrected chi connectivity index (χ0v) is 15.8. The molecule has 1 amide bonds. The Morgan fingerprint density at radius 2 is 2.00 bits per heavy atom. The minimum Gasteiger partial charge on any atom is -0.465 e. The fraction of sp³-hybridized carbons (Fsp3) is 0.381. The molecule has 28 heavy (non-hydrogen) atoms. The van der Waals surface area contributed by atoms with Gasteiger partial charge in [0.25, 0.3) is 0 Å². The van der Waals surface area contributed by atoms with Crippen LogP contribution in [0.4, 0.5) is 5.82 Å². The number of furan rings is 1. The molecule has 0 saturated carbocycles. The van der Waals surface area contributed by atoms with Gasteiger partial charge in [0.05, 0.1) is 12.0 Å². The fourth-order valence-corrected chi connectivity index (χ4v) is 4.16. The summed E-state index contributed by atoms with van der Waals surface area (Å²) in [6.07, 6.45) is 13.2. The maximum Gasteiger partial charge on any atom is 0.246 e. The molecule has 0 spiro atoms. The molecule has 144 valence electrons. The first-order chi connectivity index (χ1) is 13.8. The minimum absolute atomic E-state index is 0.0175. The highest BCUT2D eigenvalue weighted by Crippen LogP contribution is 2.30. The number of fused-ring (bicyclic) bond motifs is 3. The maximum absolute atomic E-state index is 12.4. The highest BCUT2D eigenvalue weighted by Gasteiger charge is 2.25. The van der Waals surface area contributed by atoms with E-state index in [0.29, 0.717) is 18.8 Å². The summed E-state index contributed by atoms with van der Waals surface area (Å²) in [6, 6.07) is 3.64. The number of anilines is 1. The first-order valence-electron chi connectivity index (χ1n) is 9.90. The molecule has 3 aromatic rings. The van der Waals surface area contributed by atoms with Gasteiger partial charge in [-0.15, -0.1) is 0 Å². The van der Waals surface area contributed by atoms with Crippen LogP contribution in [0, 0.1) is 0 Å². The van der Waals surface area contributed by atoms with E-state index in [1.165, 1.54) is 24.1 Å². The topological polar surface area (TPSA) is 66.9 Å². The van der Waals surface area contributed by atoms with Gasteiger partial charge in [-0.3, -0.25) is 4.79 Å². The lowest BCUT2D eigenvalue weighted by Gasteiger charge is -2.35. The van der Waals surface area contributed by atoms with Gasteiger partial charge in [0, 0.05) is 50.2 Å². The van der Waals surface area contributed by atoms with Crippen molar-refractivity contribution in [3.8, 4) is 0 Å². The highest BCUT2D eigenvalue weighted by atomic mass is 16.3. The number of amides is 1. The lowest BCUT2D eigenvalue weighted by atomic mass is 9.97. The van der Waals surface area contributed by atoms with Gasteiger partial charge in [-0.1, -0.05) is 0 Å². The average Bonchev–Trinajstić information content (AvgIpc) is 3.39. The molecular weight excluding hydrogens is 354 g/mol. The third kappa shape index (κ3) is 3.06. The molecule has 2 aliphatic rings. The number of carbonyl (C=O) groups is 1. The molecule has 7 heteroatoms. The summed E-state index contributed by atoms with van der Waals surface area (Å²) in [7, 11) is 0. The average molecular weight is 377 g/mol. The summed E-state index contributed by atoms with van der Waals surface area (Å²) in [5, 5.41) is 4.77. The van der Waals surface area contributed by atoms with Crippen LogP contribution < -0.4 is 4.90 Å². The second-order valence-corrected chi connectivity index (χ2v) is 7.34.